The topological polar surface area (TPSA) is 29.5 Å². The van der Waals surface area contributed by atoms with Crippen LogP contribution in [0, 0.1) is 0 Å². The molecule has 0 radical (unpaired) electrons. The number of hydrogen-bond donors (Lipinski definition) is 0. The first-order chi connectivity index (χ1) is 12.5. The second-order valence-corrected chi connectivity index (χ2v) is 8.49. The van der Waals surface area contributed by atoms with Crippen LogP contribution in [0.4, 0.5) is 0 Å². The van der Waals surface area contributed by atoms with Gasteiger partial charge >= 0.3 is 0 Å². The third-order valence-electron chi connectivity index (χ3n) is 3.79. The largest absolute Gasteiger partial charge is 0.488 e. The van der Waals surface area contributed by atoms with Crippen molar-refractivity contribution in [1.29, 1.82) is 0 Å². The van der Waals surface area contributed by atoms with Crippen LogP contribution in [0.1, 0.15) is 18.1 Å². The van der Waals surface area contributed by atoms with Crippen molar-refractivity contribution in [3.8, 4) is 5.75 Å². The molecule has 0 atom stereocenters. The lowest BCUT2D eigenvalue weighted by atomic mass is 10.1. The minimum absolute atomic E-state index is 0.0699. The summed E-state index contributed by atoms with van der Waals surface area (Å²) in [5.74, 6) is 0.606. The van der Waals surface area contributed by atoms with Crippen molar-refractivity contribution >= 4 is 67.8 Å². The zero-order chi connectivity index (χ0) is 18.7. The Morgan fingerprint density at radius 2 is 2.08 bits per heavy atom. The SMILES string of the molecule is CCN1C(=O)/C(=C\c2cc(Br)ccc2OCc2ccccc2Cl)SC1=S. The summed E-state index contributed by atoms with van der Waals surface area (Å²) in [6, 6.07) is 13.2. The zero-order valence-electron chi connectivity index (χ0n) is 13.9. The van der Waals surface area contributed by atoms with Gasteiger partial charge in [0.05, 0.1) is 4.91 Å². The number of nitrogens with zero attached hydrogens (tertiary/aromatic N) is 1. The molecule has 1 heterocycles. The van der Waals surface area contributed by atoms with Crippen molar-refractivity contribution in [2.45, 2.75) is 13.5 Å². The molecule has 0 N–H and O–H groups in total. The predicted molar refractivity (Wildman–Crippen MR) is 115 cm³/mol. The van der Waals surface area contributed by atoms with E-state index in [1.165, 1.54) is 11.8 Å². The van der Waals surface area contributed by atoms with E-state index in [1.54, 1.807) is 4.90 Å². The summed E-state index contributed by atoms with van der Waals surface area (Å²) in [6.07, 6.45) is 1.82. The summed E-state index contributed by atoms with van der Waals surface area (Å²) in [6.45, 7) is 2.82. The summed E-state index contributed by atoms with van der Waals surface area (Å²) in [4.78, 5) is 14.6. The van der Waals surface area contributed by atoms with Crippen molar-refractivity contribution in [2.24, 2.45) is 0 Å². The Kier molecular flexibility index (Phi) is 6.40. The summed E-state index contributed by atoms with van der Waals surface area (Å²) in [5, 5.41) is 0.662. The first-order valence-corrected chi connectivity index (χ1v) is 10.3. The molecule has 0 saturated carbocycles. The Bertz CT molecular complexity index is 901. The maximum absolute atomic E-state index is 12.5. The van der Waals surface area contributed by atoms with E-state index >= 15 is 0 Å². The normalized spacial score (nSPS) is 15.8. The van der Waals surface area contributed by atoms with E-state index in [9.17, 15) is 4.79 Å². The van der Waals surface area contributed by atoms with E-state index in [0.717, 1.165) is 15.6 Å². The lowest BCUT2D eigenvalue weighted by molar-refractivity contribution is -0.121. The van der Waals surface area contributed by atoms with Gasteiger partial charge in [0.25, 0.3) is 5.91 Å². The Morgan fingerprint density at radius 3 is 2.77 bits per heavy atom. The smallest absolute Gasteiger partial charge is 0.266 e. The second kappa shape index (κ2) is 8.57. The van der Waals surface area contributed by atoms with E-state index < -0.39 is 0 Å². The molecule has 1 amide bonds. The van der Waals surface area contributed by atoms with Crippen LogP contribution in [-0.4, -0.2) is 21.7 Å². The average molecular weight is 469 g/mol. The fourth-order valence-electron chi connectivity index (χ4n) is 2.45. The molecule has 0 aliphatic carbocycles. The molecule has 0 spiro atoms. The number of ether oxygens (including phenoxy) is 1. The van der Waals surface area contributed by atoms with Crippen molar-refractivity contribution in [2.75, 3.05) is 6.54 Å². The van der Waals surface area contributed by atoms with Gasteiger partial charge in [0.2, 0.25) is 0 Å². The molecular weight excluding hydrogens is 454 g/mol. The lowest BCUT2D eigenvalue weighted by Crippen LogP contribution is -2.27. The number of thiocarbonyl (C=S) groups is 1. The molecule has 1 saturated heterocycles. The standard InChI is InChI=1S/C19H15BrClNO2S2/c1-2-22-18(23)17(26-19(22)25)10-13-9-14(20)7-8-16(13)24-11-12-5-3-4-6-15(12)21/h3-10H,2,11H2,1H3/b17-10+. The summed E-state index contributed by atoms with van der Waals surface area (Å²) in [7, 11) is 0. The maximum Gasteiger partial charge on any atom is 0.266 e. The highest BCUT2D eigenvalue weighted by Gasteiger charge is 2.30. The highest BCUT2D eigenvalue weighted by molar-refractivity contribution is 9.10. The number of amides is 1. The lowest BCUT2D eigenvalue weighted by Gasteiger charge is -2.12. The Labute approximate surface area is 175 Å². The highest BCUT2D eigenvalue weighted by atomic mass is 79.9. The van der Waals surface area contributed by atoms with E-state index in [-0.39, 0.29) is 5.91 Å². The Hall–Kier alpha value is -1.34. The Balaban J connectivity index is 1.87. The third kappa shape index (κ3) is 4.31. The summed E-state index contributed by atoms with van der Waals surface area (Å²) >= 11 is 16.2. The molecule has 26 heavy (non-hydrogen) atoms. The molecule has 7 heteroatoms. The van der Waals surface area contributed by atoms with Gasteiger partial charge in [0.15, 0.2) is 0 Å². The molecular formula is C19H15BrClNO2S2. The van der Waals surface area contributed by atoms with Gasteiger partial charge in [-0.2, -0.15) is 0 Å². The number of halogens is 2. The second-order valence-electron chi connectivity index (χ2n) is 5.49. The molecule has 1 aliphatic rings. The van der Waals surface area contributed by atoms with Gasteiger partial charge in [0, 0.05) is 27.2 Å². The number of thioether (sulfide) groups is 1. The Morgan fingerprint density at radius 1 is 1.31 bits per heavy atom. The maximum atomic E-state index is 12.5. The third-order valence-corrected chi connectivity index (χ3v) is 6.03. The molecule has 0 bridgehead atoms. The molecule has 3 nitrogen and oxygen atoms in total. The molecule has 0 aromatic heterocycles. The van der Waals surface area contributed by atoms with Gasteiger partial charge in [-0.3, -0.25) is 9.69 Å². The van der Waals surface area contributed by atoms with Gasteiger partial charge in [-0.25, -0.2) is 0 Å². The summed E-state index contributed by atoms with van der Waals surface area (Å²) in [5.41, 5.74) is 1.71. The van der Waals surface area contributed by atoms with Crippen LogP contribution in [0.25, 0.3) is 6.08 Å². The van der Waals surface area contributed by atoms with Crippen molar-refractivity contribution in [1.82, 2.24) is 4.90 Å². The molecule has 3 rings (SSSR count). The summed E-state index contributed by atoms with van der Waals surface area (Å²) < 4.78 is 7.45. The van der Waals surface area contributed by atoms with Gasteiger partial charge in [-0.1, -0.05) is 69.7 Å². The van der Waals surface area contributed by atoms with Crippen LogP contribution in [0.15, 0.2) is 51.8 Å². The first-order valence-electron chi connectivity index (χ1n) is 7.90. The molecule has 1 aliphatic heterocycles. The van der Waals surface area contributed by atoms with E-state index in [1.807, 2.05) is 55.5 Å². The fourth-order valence-corrected chi connectivity index (χ4v) is 4.39. The number of benzene rings is 2. The predicted octanol–water partition coefficient (Wildman–Crippen LogP) is 5.90. The van der Waals surface area contributed by atoms with Crippen LogP contribution in [0.2, 0.25) is 5.02 Å². The average Bonchev–Trinajstić information content (AvgIpc) is 2.88. The minimum atomic E-state index is -0.0699. The van der Waals surface area contributed by atoms with Gasteiger partial charge < -0.3 is 4.74 Å². The number of rotatable bonds is 5. The highest BCUT2D eigenvalue weighted by Crippen LogP contribution is 2.35. The van der Waals surface area contributed by atoms with Crippen LogP contribution in [0.3, 0.4) is 0 Å². The quantitative estimate of drug-likeness (QED) is 0.403. The minimum Gasteiger partial charge on any atom is -0.488 e. The van der Waals surface area contributed by atoms with Crippen molar-refractivity contribution in [3.05, 3.63) is 68.0 Å². The van der Waals surface area contributed by atoms with Crippen molar-refractivity contribution in [3.63, 3.8) is 0 Å². The van der Waals surface area contributed by atoms with E-state index in [2.05, 4.69) is 15.9 Å². The van der Waals surface area contributed by atoms with Crippen molar-refractivity contribution < 1.29 is 9.53 Å². The van der Waals surface area contributed by atoms with Crippen LogP contribution in [0.5, 0.6) is 5.75 Å². The number of likely N-dealkylation sites (N-methyl/N-ethyl adjacent to an activating group) is 1. The van der Waals surface area contributed by atoms with E-state index in [0.29, 0.717) is 33.1 Å². The van der Waals surface area contributed by atoms with Crippen LogP contribution < -0.4 is 4.74 Å². The number of carbonyl (C=O) groups is 1. The van der Waals surface area contributed by atoms with Gasteiger partial charge in [-0.15, -0.1) is 0 Å². The molecule has 1 fully saturated rings. The van der Waals surface area contributed by atoms with Gasteiger partial charge in [-0.05, 0) is 37.3 Å². The molecule has 2 aromatic carbocycles. The van der Waals surface area contributed by atoms with Crippen LogP contribution >= 0.6 is 51.5 Å². The molecule has 0 unspecified atom stereocenters. The molecule has 2 aromatic rings. The van der Waals surface area contributed by atoms with E-state index in [4.69, 9.17) is 28.6 Å². The van der Waals surface area contributed by atoms with Gasteiger partial charge in [0.1, 0.15) is 16.7 Å². The zero-order valence-corrected chi connectivity index (χ0v) is 17.8. The number of hydrogen-bond acceptors (Lipinski definition) is 4. The fraction of sp³-hybridized carbons (Fsp3) is 0.158. The number of carbonyl (C=O) groups excluding carboxylic acids is 1. The first kappa shape index (κ1) is 19.4. The monoisotopic (exact) mass is 467 g/mol. The molecule has 134 valence electrons. The van der Waals surface area contributed by atoms with Crippen LogP contribution in [-0.2, 0) is 11.4 Å².